The molecular weight excluding hydrogens is 498 g/mol. The molecule has 2 rings (SSSR count). The maximum absolute atomic E-state index is 10.7. The first-order valence-electron chi connectivity index (χ1n) is 5.54. The van der Waals surface area contributed by atoms with Crippen LogP contribution in [0.3, 0.4) is 0 Å². The van der Waals surface area contributed by atoms with Crippen LogP contribution in [-0.2, 0) is 20.2 Å². The van der Waals surface area contributed by atoms with E-state index in [0.717, 1.165) is 0 Å². The fourth-order valence-electron chi connectivity index (χ4n) is 0.535. The van der Waals surface area contributed by atoms with Crippen molar-refractivity contribution in [3.05, 3.63) is 25.1 Å². The first-order valence-corrected chi connectivity index (χ1v) is 10.5. The summed E-state index contributed by atoms with van der Waals surface area (Å²) in [6, 6.07) is 0. The summed E-state index contributed by atoms with van der Waals surface area (Å²) >= 11 is 0. The summed E-state index contributed by atoms with van der Waals surface area (Å²) in [7, 11) is -9.62. The monoisotopic (exact) mass is 502 g/mol. The van der Waals surface area contributed by atoms with Crippen LogP contribution in [0, 0.1) is 0 Å². The molecule has 2 aromatic heterocycles. The van der Waals surface area contributed by atoms with Gasteiger partial charge in [0.15, 0.2) is 20.2 Å². The van der Waals surface area contributed by atoms with Gasteiger partial charge in [-0.2, -0.15) is 26.3 Å². The molecule has 0 saturated carbocycles. The second kappa shape index (κ2) is 10.3. The topological polar surface area (TPSA) is 163 Å². The van der Waals surface area contributed by atoms with Gasteiger partial charge in [0, 0.05) is 0 Å². The minimum Gasteiger partial charge on any atom is -0.741 e. The summed E-state index contributed by atoms with van der Waals surface area (Å²) in [5.41, 5.74) is -11.3. The third-order valence-electron chi connectivity index (χ3n) is 1.51. The van der Waals surface area contributed by atoms with E-state index in [0.29, 0.717) is 10.6 Å². The van der Waals surface area contributed by atoms with E-state index in [1.807, 2.05) is 0 Å². The van der Waals surface area contributed by atoms with Crippen molar-refractivity contribution in [3.8, 4) is 0 Å². The standard InChI is InChI=1S/C6H4O4S2.2CHF3O3S/c1-2-8-5(7-1)11-12-6-9-3-4-10-6;2*2-1(3,4)8(5,6)7/h1-4H;2*(H,5,6,7)/q+2;;/p-2. The molecule has 0 aliphatic carbocycles. The molecule has 0 unspecified atom stereocenters. The summed E-state index contributed by atoms with van der Waals surface area (Å²) < 4.78 is 138. The largest absolute Gasteiger partial charge is 0.741 e. The number of alkyl halides is 6. The van der Waals surface area contributed by atoms with E-state index in [-0.39, 0.29) is 0 Å². The summed E-state index contributed by atoms with van der Waals surface area (Å²) in [6.45, 7) is 0. The molecule has 0 fully saturated rings. The SMILES string of the molecule is O=S(=O)([O-])C(F)(F)F.O=S(=O)([O-])C(F)(F)F.c1c[o+]c(SSc2occ[o+]2)o1. The van der Waals surface area contributed by atoms with Gasteiger partial charge in [0.25, 0.3) is 25.1 Å². The van der Waals surface area contributed by atoms with Crippen LogP contribution in [0.4, 0.5) is 26.3 Å². The second-order valence-corrected chi connectivity index (χ2v) is 8.22. The smallest absolute Gasteiger partial charge is 0.576 e. The quantitative estimate of drug-likeness (QED) is 0.197. The molecule has 2 heterocycles. The van der Waals surface area contributed by atoms with Crippen molar-refractivity contribution in [2.45, 2.75) is 21.6 Å². The fourth-order valence-corrected chi connectivity index (χ4v) is 1.93. The van der Waals surface area contributed by atoms with Crippen LogP contribution in [-0.4, -0.2) is 37.0 Å². The Hall–Kier alpha value is -1.48. The minimum atomic E-state index is -6.09. The van der Waals surface area contributed by atoms with Crippen LogP contribution in [0.5, 0.6) is 0 Å². The van der Waals surface area contributed by atoms with Crippen LogP contribution < -0.4 is 0 Å². The van der Waals surface area contributed by atoms with Crippen LogP contribution in [0.2, 0.25) is 0 Å². The van der Waals surface area contributed by atoms with Crippen molar-refractivity contribution in [2.24, 2.45) is 0 Å². The Bertz CT molecular complexity index is 809. The Labute approximate surface area is 158 Å². The first kappa shape index (κ1) is 26.5. The fraction of sp³-hybridized carbons (Fsp3) is 0.250. The van der Waals surface area contributed by atoms with Crippen molar-refractivity contribution >= 4 is 41.8 Å². The summed E-state index contributed by atoms with van der Waals surface area (Å²) in [5, 5.41) is 0.901. The molecule has 0 saturated heterocycles. The van der Waals surface area contributed by atoms with Gasteiger partial charge in [0.05, 0.1) is 0 Å². The number of hydrogen-bond acceptors (Lipinski definition) is 10. The van der Waals surface area contributed by atoms with Crippen LogP contribution in [0.25, 0.3) is 0 Å². The van der Waals surface area contributed by atoms with Gasteiger partial charge in [-0.15, -0.1) is 0 Å². The van der Waals surface area contributed by atoms with Gasteiger partial charge in [-0.3, -0.25) is 17.7 Å². The van der Waals surface area contributed by atoms with Crippen molar-refractivity contribution < 1.29 is 70.0 Å². The summed E-state index contributed by atoms with van der Waals surface area (Å²) in [4.78, 5) is 0. The highest BCUT2D eigenvalue weighted by atomic mass is 33.1. The molecular formula is C8H4F6O10S4. The Kier molecular flexibility index (Phi) is 9.79. The third kappa shape index (κ3) is 10.8. The Morgan fingerprint density at radius 1 is 0.750 bits per heavy atom. The Morgan fingerprint density at radius 3 is 1.14 bits per heavy atom. The molecule has 0 aromatic carbocycles. The third-order valence-corrected chi connectivity index (χ3v) is 4.45. The van der Waals surface area contributed by atoms with Gasteiger partial charge in [-0.05, 0) is 0 Å². The lowest BCUT2D eigenvalue weighted by Gasteiger charge is -2.08. The van der Waals surface area contributed by atoms with Crippen molar-refractivity contribution in [1.82, 2.24) is 0 Å². The van der Waals surface area contributed by atoms with Gasteiger partial charge in [0.1, 0.15) is 21.6 Å². The molecule has 0 amide bonds. The lowest BCUT2D eigenvalue weighted by Crippen LogP contribution is -2.21. The average Bonchev–Trinajstić information content (AvgIpc) is 3.16. The van der Waals surface area contributed by atoms with E-state index in [4.69, 9.17) is 43.6 Å². The van der Waals surface area contributed by atoms with E-state index in [1.165, 1.54) is 46.6 Å². The molecule has 2 aromatic rings. The molecule has 0 atom stereocenters. The van der Waals surface area contributed by atoms with E-state index in [9.17, 15) is 26.3 Å². The molecule has 0 aliphatic rings. The number of hydrogen-bond donors (Lipinski definition) is 0. The molecule has 10 nitrogen and oxygen atoms in total. The molecule has 28 heavy (non-hydrogen) atoms. The summed E-state index contributed by atoms with van der Waals surface area (Å²) in [6.07, 6.45) is 5.84. The molecule has 162 valence electrons. The van der Waals surface area contributed by atoms with Gasteiger partial charge < -0.3 is 9.11 Å². The van der Waals surface area contributed by atoms with Gasteiger partial charge >= 0.3 is 21.6 Å². The normalized spacial score (nSPS) is 12.4. The number of rotatable bonds is 3. The minimum absolute atomic E-state index is 0.451. The van der Waals surface area contributed by atoms with Crippen LogP contribution in [0.15, 0.2) is 53.3 Å². The molecule has 0 N–H and O–H groups in total. The van der Waals surface area contributed by atoms with Gasteiger partial charge in [-0.25, -0.2) is 16.8 Å². The highest BCUT2D eigenvalue weighted by Gasteiger charge is 2.37. The van der Waals surface area contributed by atoms with Crippen molar-refractivity contribution in [2.75, 3.05) is 0 Å². The molecule has 20 heteroatoms. The van der Waals surface area contributed by atoms with Crippen molar-refractivity contribution in [3.63, 3.8) is 0 Å². The maximum atomic E-state index is 10.7. The number of halogens is 6. The maximum Gasteiger partial charge on any atom is 0.576 e. The Balaban J connectivity index is 0.000000408. The second-order valence-electron chi connectivity index (χ2n) is 3.48. The van der Waals surface area contributed by atoms with Gasteiger partial charge in [0.2, 0.25) is 0 Å². The van der Waals surface area contributed by atoms with Crippen LogP contribution >= 0.6 is 21.6 Å². The van der Waals surface area contributed by atoms with E-state index in [1.54, 1.807) is 0 Å². The highest BCUT2D eigenvalue weighted by Crippen LogP contribution is 2.37. The molecule has 0 bridgehead atoms. The zero-order valence-corrected chi connectivity index (χ0v) is 15.6. The zero-order valence-electron chi connectivity index (χ0n) is 12.3. The van der Waals surface area contributed by atoms with E-state index < -0.39 is 31.3 Å². The molecule has 0 radical (unpaired) electrons. The van der Waals surface area contributed by atoms with E-state index in [2.05, 4.69) is 0 Å². The first-order chi connectivity index (χ1) is 12.4. The van der Waals surface area contributed by atoms with Gasteiger partial charge in [-0.1, -0.05) is 0 Å². The lowest BCUT2D eigenvalue weighted by molar-refractivity contribution is -0.0522. The predicted octanol–water partition coefficient (Wildman–Crippen LogP) is 3.52. The van der Waals surface area contributed by atoms with Crippen LogP contribution in [0.1, 0.15) is 0 Å². The zero-order chi connectivity index (χ0) is 22.2. The molecule has 0 spiro atoms. The summed E-state index contributed by atoms with van der Waals surface area (Å²) in [5.74, 6) is 0. The van der Waals surface area contributed by atoms with E-state index >= 15 is 0 Å². The van der Waals surface area contributed by atoms with Crippen molar-refractivity contribution in [1.29, 1.82) is 0 Å². The lowest BCUT2D eigenvalue weighted by atomic mass is 11.1. The highest BCUT2D eigenvalue weighted by molar-refractivity contribution is 8.76. The average molecular weight is 502 g/mol. The predicted molar refractivity (Wildman–Crippen MR) is 74.0 cm³/mol. The molecule has 0 aliphatic heterocycles. The Morgan fingerprint density at radius 2 is 1.00 bits per heavy atom.